The summed E-state index contributed by atoms with van der Waals surface area (Å²) < 4.78 is 1.85. The first kappa shape index (κ1) is 18.0. The molecule has 5 rings (SSSR count). The molecule has 1 aliphatic heterocycles. The van der Waals surface area contributed by atoms with Crippen LogP contribution in [-0.2, 0) is 7.05 Å². The van der Waals surface area contributed by atoms with Gasteiger partial charge in [-0.15, -0.1) is 12.4 Å². The summed E-state index contributed by atoms with van der Waals surface area (Å²) in [7, 11) is 1.95. The first-order valence-corrected chi connectivity index (χ1v) is 9.31. The van der Waals surface area contributed by atoms with Crippen molar-refractivity contribution in [3.05, 3.63) is 60.3 Å². The second-order valence-electron chi connectivity index (χ2n) is 7.25. The van der Waals surface area contributed by atoms with E-state index < -0.39 is 0 Å². The second-order valence-corrected chi connectivity index (χ2v) is 7.25. The Morgan fingerprint density at radius 3 is 2.59 bits per heavy atom. The van der Waals surface area contributed by atoms with E-state index in [1.807, 2.05) is 17.9 Å². The highest BCUT2D eigenvalue weighted by Crippen LogP contribution is 2.29. The highest BCUT2D eigenvalue weighted by molar-refractivity contribution is 5.86. The molecule has 1 saturated heterocycles. The summed E-state index contributed by atoms with van der Waals surface area (Å²) in [5.74, 6) is 0.674. The monoisotopic (exact) mass is 378 g/mol. The van der Waals surface area contributed by atoms with E-state index in [1.54, 1.807) is 0 Å². The van der Waals surface area contributed by atoms with Gasteiger partial charge in [-0.2, -0.15) is 5.10 Å². The van der Waals surface area contributed by atoms with Crippen LogP contribution in [-0.4, -0.2) is 27.9 Å². The van der Waals surface area contributed by atoms with E-state index in [0.717, 1.165) is 40.8 Å². The maximum absolute atomic E-state index is 4.91. The summed E-state index contributed by atoms with van der Waals surface area (Å²) in [6, 6.07) is 17.4. The molecule has 0 unspecified atom stereocenters. The van der Waals surface area contributed by atoms with Crippen molar-refractivity contribution in [2.75, 3.05) is 13.1 Å². The molecule has 1 fully saturated rings. The van der Waals surface area contributed by atoms with Crippen molar-refractivity contribution < 1.29 is 0 Å². The van der Waals surface area contributed by atoms with Gasteiger partial charge in [-0.1, -0.05) is 18.2 Å². The fourth-order valence-corrected chi connectivity index (χ4v) is 4.02. The van der Waals surface area contributed by atoms with Gasteiger partial charge in [0.05, 0.1) is 16.7 Å². The fourth-order valence-electron chi connectivity index (χ4n) is 4.02. The lowest BCUT2D eigenvalue weighted by molar-refractivity contribution is 0.460. The first-order valence-electron chi connectivity index (χ1n) is 9.31. The molecule has 0 amide bonds. The first-order chi connectivity index (χ1) is 12.8. The lowest BCUT2D eigenvalue weighted by atomic mass is 9.89. The van der Waals surface area contributed by atoms with Crippen LogP contribution in [0.25, 0.3) is 33.1 Å². The third-order valence-electron chi connectivity index (χ3n) is 5.44. The second kappa shape index (κ2) is 7.29. The normalized spacial score (nSPS) is 15.1. The van der Waals surface area contributed by atoms with E-state index in [4.69, 9.17) is 4.98 Å². The van der Waals surface area contributed by atoms with E-state index in [9.17, 15) is 0 Å². The van der Waals surface area contributed by atoms with Gasteiger partial charge in [-0.3, -0.25) is 4.68 Å². The molecular weight excluding hydrogens is 356 g/mol. The zero-order chi connectivity index (χ0) is 17.5. The van der Waals surface area contributed by atoms with Gasteiger partial charge in [-0.25, -0.2) is 4.98 Å². The van der Waals surface area contributed by atoms with Crippen LogP contribution in [0, 0.1) is 0 Å². The van der Waals surface area contributed by atoms with Gasteiger partial charge in [0.25, 0.3) is 0 Å². The number of rotatable bonds is 2. The lowest BCUT2D eigenvalue weighted by Gasteiger charge is -2.23. The number of aryl methyl sites for hydroxylation is 1. The van der Waals surface area contributed by atoms with Crippen LogP contribution in [0.15, 0.2) is 54.7 Å². The van der Waals surface area contributed by atoms with Crippen LogP contribution in [0.1, 0.15) is 24.3 Å². The smallest absolute Gasteiger partial charge is 0.0923 e. The number of hydrogen-bond acceptors (Lipinski definition) is 3. The summed E-state index contributed by atoms with van der Waals surface area (Å²) in [5.41, 5.74) is 5.67. The number of nitrogens with zero attached hydrogens (tertiary/aromatic N) is 3. The molecule has 27 heavy (non-hydrogen) atoms. The molecule has 1 aliphatic rings. The Morgan fingerprint density at radius 2 is 1.74 bits per heavy atom. The quantitative estimate of drug-likeness (QED) is 0.550. The topological polar surface area (TPSA) is 42.7 Å². The Kier molecular flexibility index (Phi) is 4.85. The Labute approximate surface area is 165 Å². The molecule has 0 aliphatic carbocycles. The molecule has 0 spiro atoms. The van der Waals surface area contributed by atoms with Gasteiger partial charge < -0.3 is 5.32 Å². The van der Waals surface area contributed by atoms with Gasteiger partial charge in [-0.05, 0) is 67.7 Å². The van der Waals surface area contributed by atoms with Crippen molar-refractivity contribution in [3.63, 3.8) is 0 Å². The average molecular weight is 379 g/mol. The molecule has 4 nitrogen and oxygen atoms in total. The molecular formula is C22H23ClN4. The molecule has 4 aromatic rings. The standard InChI is InChI=1S/C22H22N4.ClH/c1-26-14-19-13-18(4-7-22(19)25-26)21-6-3-17-12-16(2-5-20(17)24-21)15-8-10-23-11-9-15;/h2-7,12-15,23H,8-11H2,1H3;1H. The van der Waals surface area contributed by atoms with E-state index in [2.05, 4.69) is 58.9 Å². The zero-order valence-corrected chi connectivity index (χ0v) is 16.2. The Morgan fingerprint density at radius 1 is 0.926 bits per heavy atom. The van der Waals surface area contributed by atoms with Crippen LogP contribution in [0.3, 0.4) is 0 Å². The number of benzene rings is 2. The molecule has 2 aromatic carbocycles. The highest BCUT2D eigenvalue weighted by Gasteiger charge is 2.15. The minimum absolute atomic E-state index is 0. The largest absolute Gasteiger partial charge is 0.317 e. The molecule has 2 aromatic heterocycles. The minimum Gasteiger partial charge on any atom is -0.317 e. The van der Waals surface area contributed by atoms with E-state index in [-0.39, 0.29) is 12.4 Å². The highest BCUT2D eigenvalue weighted by atomic mass is 35.5. The van der Waals surface area contributed by atoms with Crippen molar-refractivity contribution in [2.45, 2.75) is 18.8 Å². The van der Waals surface area contributed by atoms with Crippen molar-refractivity contribution in [2.24, 2.45) is 7.05 Å². The van der Waals surface area contributed by atoms with E-state index in [0.29, 0.717) is 5.92 Å². The Hall–Kier alpha value is -2.43. The third-order valence-corrected chi connectivity index (χ3v) is 5.44. The molecule has 1 N–H and O–H groups in total. The number of aromatic nitrogens is 3. The summed E-state index contributed by atoms with van der Waals surface area (Å²) in [6.07, 6.45) is 4.50. The molecule has 3 heterocycles. The van der Waals surface area contributed by atoms with Crippen LogP contribution in [0.5, 0.6) is 0 Å². The summed E-state index contributed by atoms with van der Waals surface area (Å²) >= 11 is 0. The van der Waals surface area contributed by atoms with Gasteiger partial charge in [0.2, 0.25) is 0 Å². The molecule has 0 saturated carbocycles. The fraction of sp³-hybridized carbons (Fsp3) is 0.273. The number of piperidine rings is 1. The van der Waals surface area contributed by atoms with Crippen molar-refractivity contribution in [1.82, 2.24) is 20.1 Å². The number of pyridine rings is 1. The molecule has 5 heteroatoms. The third kappa shape index (κ3) is 3.43. The zero-order valence-electron chi connectivity index (χ0n) is 15.4. The molecule has 0 atom stereocenters. The number of halogens is 1. The Bertz CT molecular complexity index is 1100. The van der Waals surface area contributed by atoms with E-state index >= 15 is 0 Å². The number of fused-ring (bicyclic) bond motifs is 2. The van der Waals surface area contributed by atoms with Gasteiger partial charge in [0.1, 0.15) is 0 Å². The van der Waals surface area contributed by atoms with E-state index in [1.165, 1.54) is 23.8 Å². The Balaban J connectivity index is 0.00000180. The molecule has 0 radical (unpaired) electrons. The van der Waals surface area contributed by atoms with Crippen LogP contribution >= 0.6 is 12.4 Å². The van der Waals surface area contributed by atoms with Gasteiger partial charge in [0, 0.05) is 29.6 Å². The number of nitrogens with one attached hydrogen (secondary N) is 1. The summed E-state index contributed by atoms with van der Waals surface area (Å²) in [4.78, 5) is 4.91. The van der Waals surface area contributed by atoms with Crippen LogP contribution < -0.4 is 5.32 Å². The van der Waals surface area contributed by atoms with Gasteiger partial charge >= 0.3 is 0 Å². The molecule has 0 bridgehead atoms. The predicted octanol–water partition coefficient (Wildman–Crippen LogP) is 4.68. The number of hydrogen-bond donors (Lipinski definition) is 1. The minimum atomic E-state index is 0. The predicted molar refractivity (Wildman–Crippen MR) is 114 cm³/mol. The maximum atomic E-state index is 4.91. The SMILES string of the molecule is Cl.Cn1cc2cc(-c3ccc4cc(C5CCNCC5)ccc4n3)ccc2n1. The average Bonchev–Trinajstić information content (AvgIpc) is 3.07. The lowest BCUT2D eigenvalue weighted by Crippen LogP contribution is -2.26. The summed E-state index contributed by atoms with van der Waals surface area (Å²) in [6.45, 7) is 2.24. The van der Waals surface area contributed by atoms with Crippen LogP contribution in [0.2, 0.25) is 0 Å². The summed E-state index contributed by atoms with van der Waals surface area (Å²) in [5, 5.41) is 10.3. The van der Waals surface area contributed by atoms with Crippen molar-refractivity contribution >= 4 is 34.2 Å². The van der Waals surface area contributed by atoms with Gasteiger partial charge in [0.15, 0.2) is 0 Å². The molecule has 138 valence electrons. The van der Waals surface area contributed by atoms with Crippen molar-refractivity contribution in [1.29, 1.82) is 0 Å². The van der Waals surface area contributed by atoms with Crippen molar-refractivity contribution in [3.8, 4) is 11.3 Å². The maximum Gasteiger partial charge on any atom is 0.0923 e. The van der Waals surface area contributed by atoms with Crippen LogP contribution in [0.4, 0.5) is 0 Å².